The van der Waals surface area contributed by atoms with Crippen LogP contribution in [0.15, 0.2) is 12.1 Å². The second-order valence-corrected chi connectivity index (χ2v) is 5.42. The van der Waals surface area contributed by atoms with Gasteiger partial charge >= 0.3 is 0 Å². The van der Waals surface area contributed by atoms with Crippen LogP contribution in [0.5, 0.6) is 5.75 Å². The van der Waals surface area contributed by atoms with Crippen LogP contribution in [-0.2, 0) is 4.79 Å². The molecule has 3 heteroatoms. The van der Waals surface area contributed by atoms with Crippen molar-refractivity contribution in [2.75, 3.05) is 13.2 Å². The maximum absolute atomic E-state index is 11.7. The van der Waals surface area contributed by atoms with E-state index in [1.807, 2.05) is 0 Å². The van der Waals surface area contributed by atoms with Crippen LogP contribution < -0.4 is 10.1 Å². The Hall–Kier alpha value is -1.51. The van der Waals surface area contributed by atoms with E-state index in [1.54, 1.807) is 0 Å². The average molecular weight is 261 g/mol. The minimum atomic E-state index is 0.188. The van der Waals surface area contributed by atoms with Crippen LogP contribution in [0.4, 0.5) is 0 Å². The smallest absolute Gasteiger partial charge is 0.223 e. The van der Waals surface area contributed by atoms with E-state index >= 15 is 0 Å². The van der Waals surface area contributed by atoms with Gasteiger partial charge in [-0.15, -0.1) is 0 Å². The van der Waals surface area contributed by atoms with Gasteiger partial charge in [-0.25, -0.2) is 0 Å². The highest BCUT2D eigenvalue weighted by atomic mass is 16.5. The topological polar surface area (TPSA) is 38.3 Å². The summed E-state index contributed by atoms with van der Waals surface area (Å²) in [6, 6.07) is 4.18. The van der Waals surface area contributed by atoms with Gasteiger partial charge in [0.1, 0.15) is 12.4 Å². The summed E-state index contributed by atoms with van der Waals surface area (Å²) < 4.78 is 5.82. The van der Waals surface area contributed by atoms with Crippen LogP contribution >= 0.6 is 0 Å². The van der Waals surface area contributed by atoms with E-state index in [2.05, 4.69) is 38.2 Å². The van der Waals surface area contributed by atoms with Gasteiger partial charge in [-0.05, 0) is 50.3 Å². The Morgan fingerprint density at radius 3 is 2.58 bits per heavy atom. The summed E-state index contributed by atoms with van der Waals surface area (Å²) in [7, 11) is 0. The summed E-state index contributed by atoms with van der Waals surface area (Å²) >= 11 is 0. The predicted molar refractivity (Wildman–Crippen MR) is 76.5 cm³/mol. The van der Waals surface area contributed by atoms with Gasteiger partial charge in [0.15, 0.2) is 0 Å². The largest absolute Gasteiger partial charge is 0.491 e. The average Bonchev–Trinajstić information content (AvgIpc) is 2.31. The standard InChI is InChI=1S/C16H23NO2/c1-11-7-8-12(2)15(13(11)3)19-10-9-17-16(18)14-5-4-6-14/h7-8,14H,4-6,9-10H2,1-3H3,(H,17,18). The Kier molecular flexibility index (Phi) is 4.46. The Morgan fingerprint density at radius 1 is 1.26 bits per heavy atom. The Labute approximate surface area is 115 Å². The lowest BCUT2D eigenvalue weighted by atomic mass is 9.85. The molecule has 1 fully saturated rings. The summed E-state index contributed by atoms with van der Waals surface area (Å²) in [5.41, 5.74) is 3.57. The third-order valence-electron chi connectivity index (χ3n) is 4.00. The molecule has 1 aromatic rings. The van der Waals surface area contributed by atoms with Crippen LogP contribution in [0.3, 0.4) is 0 Å². The number of carbonyl (C=O) groups excluding carboxylic acids is 1. The lowest BCUT2D eigenvalue weighted by Gasteiger charge is -2.24. The number of hydrogen-bond donors (Lipinski definition) is 1. The first kappa shape index (κ1) is 13.9. The molecule has 19 heavy (non-hydrogen) atoms. The van der Waals surface area contributed by atoms with Crippen LogP contribution in [-0.4, -0.2) is 19.1 Å². The van der Waals surface area contributed by atoms with Crippen LogP contribution in [0.25, 0.3) is 0 Å². The Balaban J connectivity index is 1.79. The number of rotatable bonds is 5. The maximum Gasteiger partial charge on any atom is 0.223 e. The normalized spacial score (nSPS) is 14.9. The molecule has 0 atom stereocenters. The van der Waals surface area contributed by atoms with Gasteiger partial charge in [-0.1, -0.05) is 18.6 Å². The van der Waals surface area contributed by atoms with Gasteiger partial charge in [0, 0.05) is 5.92 Å². The van der Waals surface area contributed by atoms with E-state index in [-0.39, 0.29) is 11.8 Å². The number of hydrogen-bond acceptors (Lipinski definition) is 2. The fourth-order valence-corrected chi connectivity index (χ4v) is 2.29. The maximum atomic E-state index is 11.7. The molecule has 1 aliphatic rings. The van der Waals surface area contributed by atoms with E-state index in [0.717, 1.165) is 24.2 Å². The van der Waals surface area contributed by atoms with E-state index in [0.29, 0.717) is 13.2 Å². The molecule has 1 N–H and O–H groups in total. The summed E-state index contributed by atoms with van der Waals surface area (Å²) in [5, 5.41) is 2.94. The number of benzene rings is 1. The number of aryl methyl sites for hydroxylation is 2. The van der Waals surface area contributed by atoms with Crippen molar-refractivity contribution in [1.29, 1.82) is 0 Å². The second-order valence-electron chi connectivity index (χ2n) is 5.42. The lowest BCUT2D eigenvalue weighted by Crippen LogP contribution is -2.36. The molecule has 1 aromatic carbocycles. The second kappa shape index (κ2) is 6.09. The quantitative estimate of drug-likeness (QED) is 0.828. The third-order valence-corrected chi connectivity index (χ3v) is 4.00. The highest BCUT2D eigenvalue weighted by Gasteiger charge is 2.24. The van der Waals surface area contributed by atoms with Gasteiger partial charge < -0.3 is 10.1 Å². The van der Waals surface area contributed by atoms with E-state index in [1.165, 1.54) is 17.5 Å². The van der Waals surface area contributed by atoms with Crippen molar-refractivity contribution in [2.45, 2.75) is 40.0 Å². The summed E-state index contributed by atoms with van der Waals surface area (Å²) in [4.78, 5) is 11.7. The summed E-state index contributed by atoms with van der Waals surface area (Å²) in [5.74, 6) is 1.40. The van der Waals surface area contributed by atoms with Gasteiger partial charge in [0.25, 0.3) is 0 Å². The third kappa shape index (κ3) is 3.28. The molecule has 0 bridgehead atoms. The summed E-state index contributed by atoms with van der Waals surface area (Å²) in [6.07, 6.45) is 3.28. The number of ether oxygens (including phenoxy) is 1. The molecule has 0 spiro atoms. The van der Waals surface area contributed by atoms with Gasteiger partial charge in [-0.2, -0.15) is 0 Å². The number of amides is 1. The van der Waals surface area contributed by atoms with Gasteiger partial charge in [-0.3, -0.25) is 4.79 Å². The molecular formula is C16H23NO2. The number of carbonyl (C=O) groups is 1. The predicted octanol–water partition coefficient (Wildman–Crippen LogP) is 2.91. The molecule has 104 valence electrons. The molecule has 3 nitrogen and oxygen atoms in total. The van der Waals surface area contributed by atoms with Crippen LogP contribution in [0, 0.1) is 26.7 Å². The molecule has 0 aromatic heterocycles. The van der Waals surface area contributed by atoms with Crippen LogP contribution in [0.2, 0.25) is 0 Å². The zero-order valence-corrected chi connectivity index (χ0v) is 12.1. The van der Waals surface area contributed by atoms with Crippen LogP contribution in [0.1, 0.15) is 36.0 Å². The fraction of sp³-hybridized carbons (Fsp3) is 0.562. The first-order valence-corrected chi connectivity index (χ1v) is 7.07. The van der Waals surface area contributed by atoms with Crippen molar-refractivity contribution in [3.8, 4) is 5.75 Å². The molecule has 0 radical (unpaired) electrons. The van der Waals surface area contributed by atoms with Crippen molar-refractivity contribution in [3.05, 3.63) is 28.8 Å². The molecule has 0 heterocycles. The molecule has 0 saturated heterocycles. The number of nitrogens with one attached hydrogen (secondary N) is 1. The zero-order valence-electron chi connectivity index (χ0n) is 12.1. The first-order chi connectivity index (χ1) is 9.09. The minimum Gasteiger partial charge on any atom is -0.491 e. The highest BCUT2D eigenvalue weighted by molar-refractivity contribution is 5.79. The summed E-state index contributed by atoms with van der Waals surface area (Å²) in [6.45, 7) is 7.32. The molecule has 0 aliphatic heterocycles. The monoisotopic (exact) mass is 261 g/mol. The van der Waals surface area contributed by atoms with E-state index in [9.17, 15) is 4.79 Å². The Bertz CT molecular complexity index is 464. The van der Waals surface area contributed by atoms with Crippen molar-refractivity contribution < 1.29 is 9.53 Å². The molecule has 1 amide bonds. The van der Waals surface area contributed by atoms with Gasteiger partial charge in [0.05, 0.1) is 6.54 Å². The molecular weight excluding hydrogens is 238 g/mol. The molecule has 2 rings (SSSR count). The van der Waals surface area contributed by atoms with Crippen molar-refractivity contribution in [2.24, 2.45) is 5.92 Å². The fourth-order valence-electron chi connectivity index (χ4n) is 2.29. The molecule has 1 aliphatic carbocycles. The van der Waals surface area contributed by atoms with Crippen molar-refractivity contribution in [1.82, 2.24) is 5.32 Å². The Morgan fingerprint density at radius 2 is 1.95 bits per heavy atom. The highest BCUT2D eigenvalue weighted by Crippen LogP contribution is 2.26. The van der Waals surface area contributed by atoms with Crippen molar-refractivity contribution in [3.63, 3.8) is 0 Å². The van der Waals surface area contributed by atoms with E-state index < -0.39 is 0 Å². The molecule has 0 unspecified atom stereocenters. The lowest BCUT2D eigenvalue weighted by molar-refractivity contribution is -0.127. The zero-order chi connectivity index (χ0) is 13.8. The van der Waals surface area contributed by atoms with Gasteiger partial charge in [0.2, 0.25) is 5.91 Å². The minimum absolute atomic E-state index is 0.188. The SMILES string of the molecule is Cc1ccc(C)c(OCCNC(=O)C2CCC2)c1C. The van der Waals surface area contributed by atoms with Crippen molar-refractivity contribution >= 4 is 5.91 Å². The first-order valence-electron chi connectivity index (χ1n) is 7.07. The molecule has 1 saturated carbocycles. The van der Waals surface area contributed by atoms with E-state index in [4.69, 9.17) is 4.74 Å².